The highest BCUT2D eigenvalue weighted by atomic mass is 19.4. The molecule has 148 valence electrons. The summed E-state index contributed by atoms with van der Waals surface area (Å²) in [7, 11) is 0. The minimum absolute atomic E-state index is 0.0375. The number of hydrogen-bond donors (Lipinski definition) is 1. The predicted octanol–water partition coefficient (Wildman–Crippen LogP) is 4.07. The SMILES string of the molecule is CCc1ccc(C2=NN(C(=O)CCc3ccccc3)[C@@](O)(C(F)(F)F)C2)cc1. The Morgan fingerprint density at radius 2 is 1.75 bits per heavy atom. The van der Waals surface area contributed by atoms with E-state index in [0.717, 1.165) is 17.5 Å². The summed E-state index contributed by atoms with van der Waals surface area (Å²) in [5.74, 6) is -0.871. The van der Waals surface area contributed by atoms with Gasteiger partial charge in [0.2, 0.25) is 5.91 Å². The van der Waals surface area contributed by atoms with Gasteiger partial charge >= 0.3 is 6.18 Å². The number of benzene rings is 2. The van der Waals surface area contributed by atoms with Crippen LogP contribution in [0.25, 0.3) is 0 Å². The number of carbonyl (C=O) groups is 1. The fourth-order valence-corrected chi connectivity index (χ4v) is 3.12. The van der Waals surface area contributed by atoms with Gasteiger partial charge in [0.25, 0.3) is 5.72 Å². The third kappa shape index (κ3) is 3.94. The monoisotopic (exact) mass is 390 g/mol. The summed E-state index contributed by atoms with van der Waals surface area (Å²) in [6.07, 6.45) is -4.94. The molecule has 0 saturated carbocycles. The number of nitrogens with zero attached hydrogens (tertiary/aromatic N) is 2. The Morgan fingerprint density at radius 3 is 2.32 bits per heavy atom. The molecule has 4 nitrogen and oxygen atoms in total. The first kappa shape index (κ1) is 20.1. The van der Waals surface area contributed by atoms with Crippen molar-refractivity contribution in [3.05, 3.63) is 71.3 Å². The fourth-order valence-electron chi connectivity index (χ4n) is 3.12. The molecule has 7 heteroatoms. The average Bonchev–Trinajstić information content (AvgIpc) is 3.06. The van der Waals surface area contributed by atoms with Gasteiger partial charge in [-0.15, -0.1) is 0 Å². The Balaban J connectivity index is 1.85. The highest BCUT2D eigenvalue weighted by Crippen LogP contribution is 2.41. The van der Waals surface area contributed by atoms with Crippen LogP contribution in [-0.2, 0) is 17.6 Å². The van der Waals surface area contributed by atoms with Gasteiger partial charge in [-0.05, 0) is 29.5 Å². The number of hydrogen-bond acceptors (Lipinski definition) is 3. The van der Waals surface area contributed by atoms with Crippen molar-refractivity contribution in [3.63, 3.8) is 0 Å². The summed E-state index contributed by atoms with van der Waals surface area (Å²) in [6, 6.07) is 15.9. The first-order chi connectivity index (χ1) is 13.2. The minimum Gasteiger partial charge on any atom is -0.362 e. The van der Waals surface area contributed by atoms with Crippen molar-refractivity contribution in [1.82, 2.24) is 5.01 Å². The lowest BCUT2D eigenvalue weighted by Gasteiger charge is -2.32. The molecule has 28 heavy (non-hydrogen) atoms. The van der Waals surface area contributed by atoms with Crippen molar-refractivity contribution in [3.8, 4) is 0 Å². The van der Waals surface area contributed by atoms with Crippen molar-refractivity contribution in [2.45, 2.75) is 44.5 Å². The molecule has 3 rings (SSSR count). The second kappa shape index (κ2) is 7.75. The molecule has 0 bridgehead atoms. The molecule has 2 aromatic rings. The minimum atomic E-state index is -5.02. The summed E-state index contributed by atoms with van der Waals surface area (Å²) < 4.78 is 40.8. The molecule has 0 radical (unpaired) electrons. The quantitative estimate of drug-likeness (QED) is 0.837. The van der Waals surface area contributed by atoms with Gasteiger partial charge in [-0.1, -0.05) is 61.5 Å². The predicted molar refractivity (Wildman–Crippen MR) is 99.6 cm³/mol. The maximum Gasteiger partial charge on any atom is 0.438 e. The Hall–Kier alpha value is -2.67. The number of alkyl halides is 3. The molecule has 0 aromatic heterocycles. The van der Waals surface area contributed by atoms with E-state index in [-0.39, 0.29) is 23.6 Å². The van der Waals surface area contributed by atoms with Gasteiger partial charge in [-0.2, -0.15) is 23.3 Å². The standard InChI is InChI=1S/C21H21F3N2O2/c1-2-15-8-11-17(12-9-15)18-14-20(28,21(22,23)24)26(25-18)19(27)13-10-16-6-4-3-5-7-16/h3-9,11-12,28H,2,10,13-14H2,1H3/t20-/m0/s1. The maximum atomic E-state index is 13.6. The molecule has 1 heterocycles. The van der Waals surface area contributed by atoms with Crippen LogP contribution in [0.15, 0.2) is 59.7 Å². The molecule has 1 aliphatic heterocycles. The van der Waals surface area contributed by atoms with Crippen LogP contribution in [0.2, 0.25) is 0 Å². The average molecular weight is 390 g/mol. The van der Waals surface area contributed by atoms with Crippen LogP contribution in [0.4, 0.5) is 13.2 Å². The molecule has 1 aliphatic rings. The number of amides is 1. The molecule has 0 saturated heterocycles. The number of aliphatic hydroxyl groups is 1. The number of hydrazone groups is 1. The Labute approximate surface area is 161 Å². The van der Waals surface area contributed by atoms with Crippen LogP contribution < -0.4 is 0 Å². The van der Waals surface area contributed by atoms with Gasteiger partial charge in [0.1, 0.15) is 0 Å². The first-order valence-electron chi connectivity index (χ1n) is 9.07. The van der Waals surface area contributed by atoms with Gasteiger partial charge in [0.05, 0.1) is 12.1 Å². The molecular weight excluding hydrogens is 369 g/mol. The lowest BCUT2D eigenvalue weighted by Crippen LogP contribution is -2.56. The number of halogens is 3. The third-order valence-electron chi connectivity index (χ3n) is 4.84. The Bertz CT molecular complexity index is 863. The summed E-state index contributed by atoms with van der Waals surface area (Å²) in [4.78, 5) is 12.5. The molecule has 2 aromatic carbocycles. The van der Waals surface area contributed by atoms with Gasteiger partial charge < -0.3 is 5.11 Å². The zero-order chi connectivity index (χ0) is 20.4. The van der Waals surface area contributed by atoms with Crippen LogP contribution in [0.1, 0.15) is 36.5 Å². The van der Waals surface area contributed by atoms with E-state index in [4.69, 9.17) is 0 Å². The van der Waals surface area contributed by atoms with E-state index in [9.17, 15) is 23.1 Å². The van der Waals surface area contributed by atoms with Crippen LogP contribution in [0.5, 0.6) is 0 Å². The third-order valence-corrected chi connectivity index (χ3v) is 4.84. The topological polar surface area (TPSA) is 52.9 Å². The Morgan fingerprint density at radius 1 is 1.11 bits per heavy atom. The number of rotatable bonds is 5. The zero-order valence-corrected chi connectivity index (χ0v) is 15.4. The van der Waals surface area contributed by atoms with Crippen molar-refractivity contribution in [2.75, 3.05) is 0 Å². The smallest absolute Gasteiger partial charge is 0.362 e. The van der Waals surface area contributed by atoms with Gasteiger partial charge in [-0.25, -0.2) is 0 Å². The van der Waals surface area contributed by atoms with Crippen molar-refractivity contribution in [1.29, 1.82) is 0 Å². The van der Waals surface area contributed by atoms with Gasteiger partial charge in [0, 0.05) is 6.42 Å². The van der Waals surface area contributed by atoms with Crippen molar-refractivity contribution >= 4 is 11.6 Å². The fraction of sp³-hybridized carbons (Fsp3) is 0.333. The second-order valence-electron chi connectivity index (χ2n) is 6.78. The van der Waals surface area contributed by atoms with E-state index >= 15 is 0 Å². The van der Waals surface area contributed by atoms with E-state index in [2.05, 4.69) is 5.10 Å². The van der Waals surface area contributed by atoms with Crippen LogP contribution in [-0.4, -0.2) is 33.6 Å². The molecule has 0 fully saturated rings. The molecule has 1 atom stereocenters. The maximum absolute atomic E-state index is 13.6. The zero-order valence-electron chi connectivity index (χ0n) is 15.4. The second-order valence-corrected chi connectivity index (χ2v) is 6.78. The lowest BCUT2D eigenvalue weighted by atomic mass is 9.99. The largest absolute Gasteiger partial charge is 0.438 e. The first-order valence-corrected chi connectivity index (χ1v) is 9.07. The molecule has 0 unspecified atom stereocenters. The van der Waals surface area contributed by atoms with E-state index in [1.807, 2.05) is 13.0 Å². The van der Waals surface area contributed by atoms with Crippen molar-refractivity contribution < 1.29 is 23.1 Å². The van der Waals surface area contributed by atoms with E-state index in [1.165, 1.54) is 0 Å². The molecule has 1 N–H and O–H groups in total. The normalized spacial score (nSPS) is 19.6. The molecule has 0 spiro atoms. The summed E-state index contributed by atoms with van der Waals surface area (Å²) >= 11 is 0. The van der Waals surface area contributed by atoms with E-state index in [1.54, 1.807) is 48.5 Å². The summed E-state index contributed by atoms with van der Waals surface area (Å²) in [6.45, 7) is 1.97. The highest BCUT2D eigenvalue weighted by Gasteiger charge is 2.63. The van der Waals surface area contributed by atoms with Gasteiger partial charge in [-0.3, -0.25) is 4.79 Å². The molecule has 0 aliphatic carbocycles. The van der Waals surface area contributed by atoms with Crippen LogP contribution in [0.3, 0.4) is 0 Å². The van der Waals surface area contributed by atoms with Crippen LogP contribution in [0, 0.1) is 0 Å². The summed E-state index contributed by atoms with van der Waals surface area (Å²) in [5, 5.41) is 14.4. The molecular formula is C21H21F3N2O2. The highest BCUT2D eigenvalue weighted by molar-refractivity contribution is 6.03. The summed E-state index contributed by atoms with van der Waals surface area (Å²) in [5.41, 5.74) is -0.984. The van der Waals surface area contributed by atoms with E-state index < -0.39 is 24.2 Å². The van der Waals surface area contributed by atoms with Crippen molar-refractivity contribution in [2.24, 2.45) is 5.10 Å². The molecule has 1 amide bonds. The van der Waals surface area contributed by atoms with Crippen LogP contribution >= 0.6 is 0 Å². The Kier molecular flexibility index (Phi) is 5.56. The number of carbonyl (C=O) groups excluding carboxylic acids is 1. The van der Waals surface area contributed by atoms with E-state index in [0.29, 0.717) is 5.56 Å². The number of aryl methyl sites for hydroxylation is 2. The van der Waals surface area contributed by atoms with Gasteiger partial charge in [0.15, 0.2) is 0 Å². The lowest BCUT2D eigenvalue weighted by molar-refractivity contribution is -0.302.